The number of nitrogens with zero attached hydrogens (tertiary/aromatic N) is 2. The van der Waals surface area contributed by atoms with Gasteiger partial charge < -0.3 is 9.72 Å². The Balaban J connectivity index is 1.69. The highest BCUT2D eigenvalue weighted by atomic mass is 16.5. The van der Waals surface area contributed by atoms with Gasteiger partial charge in [-0.3, -0.25) is 9.69 Å². The Morgan fingerprint density at radius 2 is 2.17 bits per heavy atom. The monoisotopic (exact) mass is 313 g/mol. The van der Waals surface area contributed by atoms with E-state index in [1.54, 1.807) is 0 Å². The van der Waals surface area contributed by atoms with Crippen LogP contribution in [-0.4, -0.2) is 40.7 Å². The van der Waals surface area contributed by atoms with Gasteiger partial charge in [0.2, 0.25) is 0 Å². The molecule has 0 spiro atoms. The summed E-state index contributed by atoms with van der Waals surface area (Å²) in [7, 11) is 0. The van der Waals surface area contributed by atoms with E-state index in [9.17, 15) is 4.79 Å². The van der Waals surface area contributed by atoms with Crippen molar-refractivity contribution < 1.29 is 4.74 Å². The van der Waals surface area contributed by atoms with Crippen LogP contribution in [0.15, 0.2) is 41.2 Å². The topological polar surface area (TPSA) is 58.2 Å². The van der Waals surface area contributed by atoms with Crippen molar-refractivity contribution in [1.82, 2.24) is 14.9 Å². The van der Waals surface area contributed by atoms with E-state index in [0.29, 0.717) is 6.61 Å². The highest BCUT2D eigenvalue weighted by molar-refractivity contribution is 5.16. The number of benzene rings is 1. The van der Waals surface area contributed by atoms with Gasteiger partial charge in [0, 0.05) is 24.8 Å². The molecule has 5 heteroatoms. The van der Waals surface area contributed by atoms with Crippen LogP contribution >= 0.6 is 0 Å². The van der Waals surface area contributed by atoms with Crippen molar-refractivity contribution in [2.45, 2.75) is 32.4 Å². The number of aryl methyl sites for hydroxylation is 1. The lowest BCUT2D eigenvalue weighted by molar-refractivity contribution is -0.0417. The second-order valence-corrected chi connectivity index (χ2v) is 6.13. The van der Waals surface area contributed by atoms with Crippen LogP contribution < -0.4 is 5.56 Å². The molecule has 2 heterocycles. The number of nitrogens with one attached hydrogen (secondary N) is 1. The molecule has 1 aromatic heterocycles. The lowest BCUT2D eigenvalue weighted by atomic mass is 10.1. The van der Waals surface area contributed by atoms with E-state index >= 15 is 0 Å². The smallest absolute Gasteiger partial charge is 0.251 e. The highest BCUT2D eigenvalue weighted by Crippen LogP contribution is 2.21. The summed E-state index contributed by atoms with van der Waals surface area (Å²) >= 11 is 0. The molecule has 5 nitrogen and oxygen atoms in total. The van der Waals surface area contributed by atoms with Crippen LogP contribution in [0.3, 0.4) is 0 Å². The largest absolute Gasteiger partial charge is 0.375 e. The lowest BCUT2D eigenvalue weighted by Gasteiger charge is -2.36. The van der Waals surface area contributed by atoms with Crippen LogP contribution in [0.4, 0.5) is 0 Å². The quantitative estimate of drug-likeness (QED) is 0.939. The van der Waals surface area contributed by atoms with Gasteiger partial charge in [0.15, 0.2) is 0 Å². The van der Waals surface area contributed by atoms with E-state index in [4.69, 9.17) is 4.74 Å². The zero-order valence-corrected chi connectivity index (χ0v) is 13.7. The molecular formula is C18H23N3O2. The van der Waals surface area contributed by atoms with Crippen molar-refractivity contribution >= 4 is 0 Å². The van der Waals surface area contributed by atoms with Crippen LogP contribution in [0.2, 0.25) is 0 Å². The molecule has 0 amide bonds. The molecule has 0 radical (unpaired) electrons. The van der Waals surface area contributed by atoms with Crippen molar-refractivity contribution in [3.8, 4) is 0 Å². The molecule has 23 heavy (non-hydrogen) atoms. The summed E-state index contributed by atoms with van der Waals surface area (Å²) in [5.74, 6) is 0.732. The Morgan fingerprint density at radius 3 is 2.91 bits per heavy atom. The molecule has 3 rings (SSSR count). The minimum absolute atomic E-state index is 0.0739. The first-order valence-corrected chi connectivity index (χ1v) is 8.09. The zero-order valence-electron chi connectivity index (χ0n) is 13.7. The Bertz CT molecular complexity index is 699. The Hall–Kier alpha value is -1.98. The summed E-state index contributed by atoms with van der Waals surface area (Å²) in [5.41, 5.74) is 1.95. The fourth-order valence-corrected chi connectivity index (χ4v) is 3.07. The van der Waals surface area contributed by atoms with Gasteiger partial charge in [-0.05, 0) is 25.8 Å². The van der Waals surface area contributed by atoms with Crippen molar-refractivity contribution in [1.29, 1.82) is 0 Å². The maximum atomic E-state index is 11.7. The summed E-state index contributed by atoms with van der Waals surface area (Å²) in [6.07, 6.45) is 1.08. The lowest BCUT2D eigenvalue weighted by Crippen LogP contribution is -2.45. The third kappa shape index (κ3) is 4.06. The maximum Gasteiger partial charge on any atom is 0.251 e. The van der Waals surface area contributed by atoms with Crippen LogP contribution in [0, 0.1) is 6.92 Å². The number of aromatic amines is 1. The summed E-state index contributed by atoms with van der Waals surface area (Å²) < 4.78 is 5.91. The number of ether oxygens (including phenoxy) is 1. The normalized spacial score (nSPS) is 20.3. The Morgan fingerprint density at radius 1 is 1.39 bits per heavy atom. The predicted molar refractivity (Wildman–Crippen MR) is 89.5 cm³/mol. The van der Waals surface area contributed by atoms with Gasteiger partial charge in [0.1, 0.15) is 5.82 Å². The first-order valence-electron chi connectivity index (χ1n) is 8.09. The number of aromatic nitrogens is 2. The minimum Gasteiger partial charge on any atom is -0.375 e. The summed E-state index contributed by atoms with van der Waals surface area (Å²) in [4.78, 5) is 21.3. The van der Waals surface area contributed by atoms with Gasteiger partial charge in [-0.25, -0.2) is 4.98 Å². The molecule has 0 bridgehead atoms. The fourth-order valence-electron chi connectivity index (χ4n) is 3.07. The first-order chi connectivity index (χ1) is 11.1. The average Bonchev–Trinajstić information content (AvgIpc) is 2.54. The maximum absolute atomic E-state index is 11.7. The molecule has 1 N–H and O–H groups in total. The molecule has 0 unspecified atom stereocenters. The second-order valence-electron chi connectivity index (χ2n) is 6.13. The van der Waals surface area contributed by atoms with Crippen LogP contribution in [0.5, 0.6) is 0 Å². The number of hydrogen-bond acceptors (Lipinski definition) is 4. The van der Waals surface area contributed by atoms with Gasteiger partial charge in [-0.15, -0.1) is 0 Å². The SMILES string of the molecule is Cc1cc(=O)[nH]c([C@@H](C)N2CCO[C@H](Cc3ccccc3)C2)n1. The van der Waals surface area contributed by atoms with Crippen LogP contribution in [0.1, 0.15) is 30.0 Å². The summed E-state index contributed by atoms with van der Waals surface area (Å²) in [6.45, 7) is 6.33. The average molecular weight is 313 g/mol. The van der Waals surface area contributed by atoms with E-state index in [1.165, 1.54) is 11.6 Å². The Labute approximate surface area is 136 Å². The molecule has 122 valence electrons. The summed E-state index contributed by atoms with van der Waals surface area (Å²) in [6, 6.07) is 12.0. The molecule has 1 saturated heterocycles. The van der Waals surface area contributed by atoms with Crippen LogP contribution in [0.25, 0.3) is 0 Å². The van der Waals surface area contributed by atoms with E-state index in [2.05, 4.69) is 46.1 Å². The molecule has 1 fully saturated rings. The van der Waals surface area contributed by atoms with E-state index in [0.717, 1.165) is 31.0 Å². The Kier molecular flexibility index (Phi) is 4.88. The van der Waals surface area contributed by atoms with Crippen molar-refractivity contribution in [2.75, 3.05) is 19.7 Å². The standard InChI is InChI=1S/C18H23N3O2/c1-13-10-17(22)20-18(19-13)14(2)21-8-9-23-16(12-21)11-15-6-4-3-5-7-15/h3-7,10,14,16H,8-9,11-12H2,1-2H3,(H,19,20,22)/t14-,16-/m1/s1. The molecule has 1 aliphatic heterocycles. The van der Waals surface area contributed by atoms with Crippen molar-refractivity contribution in [2.24, 2.45) is 0 Å². The molecule has 0 aliphatic carbocycles. The zero-order chi connectivity index (χ0) is 16.2. The summed E-state index contributed by atoms with van der Waals surface area (Å²) in [5, 5.41) is 0. The van der Waals surface area contributed by atoms with Crippen LogP contribution in [-0.2, 0) is 11.2 Å². The van der Waals surface area contributed by atoms with E-state index < -0.39 is 0 Å². The van der Waals surface area contributed by atoms with Gasteiger partial charge in [-0.2, -0.15) is 0 Å². The molecule has 2 aromatic rings. The fraction of sp³-hybridized carbons (Fsp3) is 0.444. The predicted octanol–water partition coefficient (Wildman–Crippen LogP) is 2.08. The molecule has 1 aliphatic rings. The van der Waals surface area contributed by atoms with Crippen molar-refractivity contribution in [3.63, 3.8) is 0 Å². The van der Waals surface area contributed by atoms with Gasteiger partial charge in [-0.1, -0.05) is 30.3 Å². The minimum atomic E-state index is -0.0894. The third-order valence-electron chi connectivity index (χ3n) is 4.31. The second kappa shape index (κ2) is 7.06. The van der Waals surface area contributed by atoms with Gasteiger partial charge in [0.25, 0.3) is 5.56 Å². The number of hydrogen-bond donors (Lipinski definition) is 1. The number of rotatable bonds is 4. The third-order valence-corrected chi connectivity index (χ3v) is 4.31. The first kappa shape index (κ1) is 15.9. The van der Waals surface area contributed by atoms with Crippen molar-refractivity contribution in [3.05, 3.63) is 63.8 Å². The van der Waals surface area contributed by atoms with Gasteiger partial charge >= 0.3 is 0 Å². The van der Waals surface area contributed by atoms with Gasteiger partial charge in [0.05, 0.1) is 18.8 Å². The highest BCUT2D eigenvalue weighted by Gasteiger charge is 2.26. The molecule has 0 saturated carbocycles. The number of morpholine rings is 1. The van der Waals surface area contributed by atoms with E-state index in [1.807, 2.05) is 13.0 Å². The van der Waals surface area contributed by atoms with E-state index in [-0.39, 0.29) is 17.7 Å². The number of H-pyrrole nitrogens is 1. The molecule has 1 aromatic carbocycles. The molecular weight excluding hydrogens is 290 g/mol. The molecule has 2 atom stereocenters.